The van der Waals surface area contributed by atoms with E-state index in [1.807, 2.05) is 38.1 Å². The van der Waals surface area contributed by atoms with Crippen molar-refractivity contribution in [3.8, 4) is 5.75 Å². The van der Waals surface area contributed by atoms with E-state index in [0.717, 1.165) is 24.4 Å². The number of nitrogens with two attached hydrogens (primary N) is 1. The minimum atomic E-state index is 0.0799. The van der Waals surface area contributed by atoms with E-state index >= 15 is 0 Å². The molecule has 0 atom stereocenters. The maximum atomic E-state index is 11.8. The van der Waals surface area contributed by atoms with E-state index in [0.29, 0.717) is 19.5 Å². The van der Waals surface area contributed by atoms with E-state index in [4.69, 9.17) is 10.5 Å². The molecule has 0 aromatic heterocycles. The van der Waals surface area contributed by atoms with Crippen molar-refractivity contribution in [3.63, 3.8) is 0 Å². The van der Waals surface area contributed by atoms with Gasteiger partial charge in [0.1, 0.15) is 5.75 Å². The average Bonchev–Trinajstić information content (AvgIpc) is 2.47. The first kappa shape index (κ1) is 17.3. The fourth-order valence-electron chi connectivity index (χ4n) is 2.08. The van der Waals surface area contributed by atoms with Crippen molar-refractivity contribution < 1.29 is 9.53 Å². The van der Waals surface area contributed by atoms with Crippen LogP contribution < -0.4 is 20.7 Å². The molecule has 0 aliphatic rings. The third kappa shape index (κ3) is 6.49. The van der Waals surface area contributed by atoms with Crippen LogP contribution in [0.4, 0.5) is 5.69 Å². The molecule has 1 amide bonds. The third-order valence-electron chi connectivity index (χ3n) is 3.13. The van der Waals surface area contributed by atoms with Crippen LogP contribution >= 0.6 is 0 Å². The first-order chi connectivity index (χ1) is 10.1. The lowest BCUT2D eigenvalue weighted by Crippen LogP contribution is -2.35. The Labute approximate surface area is 127 Å². The highest BCUT2D eigenvalue weighted by Crippen LogP contribution is 2.19. The Kier molecular flexibility index (Phi) is 7.61. The molecular weight excluding hydrogens is 266 g/mol. The van der Waals surface area contributed by atoms with Crippen LogP contribution in [0, 0.1) is 0 Å². The van der Waals surface area contributed by atoms with Gasteiger partial charge in [-0.3, -0.25) is 4.79 Å². The lowest BCUT2D eigenvalue weighted by atomic mass is 10.2. The molecule has 0 unspecified atom stereocenters. The molecule has 5 nitrogen and oxygen atoms in total. The largest absolute Gasteiger partial charge is 0.497 e. The van der Waals surface area contributed by atoms with Crippen LogP contribution in [0.1, 0.15) is 26.7 Å². The van der Waals surface area contributed by atoms with E-state index in [-0.39, 0.29) is 11.9 Å². The second-order valence-corrected chi connectivity index (χ2v) is 5.30. The maximum Gasteiger partial charge on any atom is 0.221 e. The second kappa shape index (κ2) is 9.23. The summed E-state index contributed by atoms with van der Waals surface area (Å²) in [6.07, 6.45) is 1.38. The minimum absolute atomic E-state index is 0.0799. The van der Waals surface area contributed by atoms with Gasteiger partial charge in [0, 0.05) is 31.2 Å². The summed E-state index contributed by atoms with van der Waals surface area (Å²) < 4.78 is 5.17. The number of carbonyl (C=O) groups is 1. The maximum absolute atomic E-state index is 11.8. The van der Waals surface area contributed by atoms with E-state index in [1.54, 1.807) is 7.11 Å². The lowest BCUT2D eigenvalue weighted by molar-refractivity contribution is -0.121. The highest BCUT2D eigenvalue weighted by Gasteiger charge is 2.10. The smallest absolute Gasteiger partial charge is 0.221 e. The highest BCUT2D eigenvalue weighted by molar-refractivity contribution is 5.76. The summed E-state index contributed by atoms with van der Waals surface area (Å²) in [5.41, 5.74) is 6.68. The molecule has 3 N–H and O–H groups in total. The number of anilines is 1. The van der Waals surface area contributed by atoms with Crippen molar-refractivity contribution in [2.24, 2.45) is 5.73 Å². The standard InChI is InChI=1S/C16H27N3O2/c1-13(2)18-16(20)9-12-19(11-4-10-17)14-5-7-15(21-3)8-6-14/h5-8,13H,4,9-12,17H2,1-3H3,(H,18,20). The van der Waals surface area contributed by atoms with Crippen molar-refractivity contribution in [2.45, 2.75) is 32.7 Å². The van der Waals surface area contributed by atoms with Gasteiger partial charge in [-0.2, -0.15) is 0 Å². The normalized spacial score (nSPS) is 10.5. The molecule has 1 rings (SSSR count). The molecule has 0 radical (unpaired) electrons. The van der Waals surface area contributed by atoms with Crippen LogP contribution in [0.3, 0.4) is 0 Å². The molecule has 1 aromatic carbocycles. The summed E-state index contributed by atoms with van der Waals surface area (Å²) in [4.78, 5) is 14.0. The Bertz CT molecular complexity index is 418. The predicted octanol–water partition coefficient (Wildman–Crippen LogP) is 1.77. The molecule has 21 heavy (non-hydrogen) atoms. The summed E-state index contributed by atoms with van der Waals surface area (Å²) in [6.45, 7) is 6.11. The predicted molar refractivity (Wildman–Crippen MR) is 86.8 cm³/mol. The van der Waals surface area contributed by atoms with Crippen LogP contribution in [0.25, 0.3) is 0 Å². The molecule has 0 saturated carbocycles. The number of nitrogens with zero attached hydrogens (tertiary/aromatic N) is 1. The summed E-state index contributed by atoms with van der Waals surface area (Å²) in [7, 11) is 1.65. The first-order valence-corrected chi connectivity index (χ1v) is 7.45. The monoisotopic (exact) mass is 293 g/mol. The zero-order valence-electron chi connectivity index (χ0n) is 13.3. The van der Waals surface area contributed by atoms with Gasteiger partial charge < -0.3 is 20.7 Å². The molecule has 1 aromatic rings. The number of hydrogen-bond acceptors (Lipinski definition) is 4. The Morgan fingerprint density at radius 1 is 1.29 bits per heavy atom. The summed E-state index contributed by atoms with van der Waals surface area (Å²) in [5.74, 6) is 0.909. The quantitative estimate of drug-likeness (QED) is 0.728. The van der Waals surface area contributed by atoms with Gasteiger partial charge >= 0.3 is 0 Å². The number of carbonyl (C=O) groups excluding carboxylic acids is 1. The third-order valence-corrected chi connectivity index (χ3v) is 3.13. The zero-order chi connectivity index (χ0) is 15.7. The number of ether oxygens (including phenoxy) is 1. The van der Waals surface area contributed by atoms with Gasteiger partial charge in [-0.15, -0.1) is 0 Å². The highest BCUT2D eigenvalue weighted by atomic mass is 16.5. The van der Waals surface area contributed by atoms with E-state index < -0.39 is 0 Å². The fourth-order valence-corrected chi connectivity index (χ4v) is 2.08. The van der Waals surface area contributed by atoms with Gasteiger partial charge in [-0.05, 0) is 51.1 Å². The number of rotatable bonds is 9. The summed E-state index contributed by atoms with van der Waals surface area (Å²) in [5, 5.41) is 2.91. The van der Waals surface area contributed by atoms with Crippen molar-refractivity contribution in [1.29, 1.82) is 0 Å². The molecule has 0 heterocycles. The Morgan fingerprint density at radius 2 is 1.95 bits per heavy atom. The number of hydrogen-bond donors (Lipinski definition) is 2. The fraction of sp³-hybridized carbons (Fsp3) is 0.562. The molecule has 0 aliphatic carbocycles. The topological polar surface area (TPSA) is 67.6 Å². The average molecular weight is 293 g/mol. The molecule has 0 fully saturated rings. The van der Waals surface area contributed by atoms with Gasteiger partial charge in [0.05, 0.1) is 7.11 Å². The number of benzene rings is 1. The Morgan fingerprint density at radius 3 is 2.48 bits per heavy atom. The van der Waals surface area contributed by atoms with Crippen molar-refractivity contribution in [3.05, 3.63) is 24.3 Å². The van der Waals surface area contributed by atoms with Crippen molar-refractivity contribution >= 4 is 11.6 Å². The van der Waals surface area contributed by atoms with Crippen molar-refractivity contribution in [1.82, 2.24) is 5.32 Å². The van der Waals surface area contributed by atoms with Gasteiger partial charge in [0.2, 0.25) is 5.91 Å². The first-order valence-electron chi connectivity index (χ1n) is 7.45. The van der Waals surface area contributed by atoms with E-state index in [2.05, 4.69) is 10.2 Å². The lowest BCUT2D eigenvalue weighted by Gasteiger charge is -2.25. The zero-order valence-corrected chi connectivity index (χ0v) is 13.3. The van der Waals surface area contributed by atoms with E-state index in [1.165, 1.54) is 0 Å². The van der Waals surface area contributed by atoms with Crippen LogP contribution in [-0.2, 0) is 4.79 Å². The van der Waals surface area contributed by atoms with Crippen LogP contribution in [-0.4, -0.2) is 38.7 Å². The molecule has 5 heteroatoms. The molecule has 0 aliphatic heterocycles. The Balaban J connectivity index is 2.63. The van der Waals surface area contributed by atoms with Crippen molar-refractivity contribution in [2.75, 3.05) is 31.6 Å². The molecule has 0 saturated heterocycles. The number of methoxy groups -OCH3 is 1. The Hall–Kier alpha value is -1.75. The SMILES string of the molecule is COc1ccc(N(CCCN)CCC(=O)NC(C)C)cc1. The van der Waals surface area contributed by atoms with Gasteiger partial charge in [-0.25, -0.2) is 0 Å². The summed E-state index contributed by atoms with van der Waals surface area (Å²) in [6, 6.07) is 8.06. The van der Waals surface area contributed by atoms with Crippen LogP contribution in [0.15, 0.2) is 24.3 Å². The van der Waals surface area contributed by atoms with Gasteiger partial charge in [0.15, 0.2) is 0 Å². The van der Waals surface area contributed by atoms with Gasteiger partial charge in [0.25, 0.3) is 0 Å². The second-order valence-electron chi connectivity index (χ2n) is 5.30. The number of amides is 1. The van der Waals surface area contributed by atoms with Gasteiger partial charge in [-0.1, -0.05) is 0 Å². The molecular formula is C16H27N3O2. The molecule has 0 bridgehead atoms. The van der Waals surface area contributed by atoms with Crippen LogP contribution in [0.5, 0.6) is 5.75 Å². The molecule has 0 spiro atoms. The molecule has 118 valence electrons. The van der Waals surface area contributed by atoms with E-state index in [9.17, 15) is 4.79 Å². The minimum Gasteiger partial charge on any atom is -0.497 e. The number of nitrogens with one attached hydrogen (secondary N) is 1. The summed E-state index contributed by atoms with van der Waals surface area (Å²) >= 11 is 0. The van der Waals surface area contributed by atoms with Crippen LogP contribution in [0.2, 0.25) is 0 Å².